The molecule has 1 aromatic rings. The van der Waals surface area contributed by atoms with Crippen LogP contribution in [0.25, 0.3) is 0 Å². The van der Waals surface area contributed by atoms with Crippen LogP contribution < -0.4 is 0 Å². The first-order valence-corrected chi connectivity index (χ1v) is 4.35. The number of rotatable bonds is 3. The summed E-state index contributed by atoms with van der Waals surface area (Å²) in [5, 5.41) is 28.1. The largest absolute Gasteiger partial charge is 0.481 e. The molecule has 0 aliphatic carbocycles. The van der Waals surface area contributed by atoms with Gasteiger partial charge in [0.15, 0.2) is 0 Å². The van der Waals surface area contributed by atoms with Crippen LogP contribution >= 0.6 is 0 Å². The van der Waals surface area contributed by atoms with Gasteiger partial charge < -0.3 is 5.11 Å². The number of nitrogens with zero attached hydrogens (tertiary/aromatic N) is 2. The minimum atomic E-state index is -1.17. The number of carboxylic acid groups (broad SMARTS) is 1. The first-order chi connectivity index (χ1) is 7.45. The molecule has 0 heterocycles. The van der Waals surface area contributed by atoms with E-state index in [9.17, 15) is 14.9 Å². The highest BCUT2D eigenvalue weighted by Crippen LogP contribution is 2.25. The number of nitro benzene ring substituents is 1. The fraction of sp³-hybridized carbons (Fsp3) is 0.200. The summed E-state index contributed by atoms with van der Waals surface area (Å²) in [5.41, 5.74) is 0.329. The number of nitriles is 1. The Hall–Kier alpha value is -2.42. The van der Waals surface area contributed by atoms with Crippen molar-refractivity contribution in [1.29, 1.82) is 5.26 Å². The number of nitro groups is 1. The average Bonchev–Trinajstić information content (AvgIpc) is 2.14. The van der Waals surface area contributed by atoms with Crippen molar-refractivity contribution in [3.8, 4) is 6.07 Å². The van der Waals surface area contributed by atoms with E-state index in [1.807, 2.05) is 6.07 Å². The lowest BCUT2D eigenvalue weighted by atomic mass is 10.0. The van der Waals surface area contributed by atoms with Crippen LogP contribution in [0.15, 0.2) is 12.1 Å². The van der Waals surface area contributed by atoms with Gasteiger partial charge in [-0.05, 0) is 19.1 Å². The Morgan fingerprint density at radius 1 is 1.62 bits per heavy atom. The van der Waals surface area contributed by atoms with Crippen LogP contribution in [0, 0.1) is 28.4 Å². The molecule has 0 aliphatic rings. The van der Waals surface area contributed by atoms with Crippen molar-refractivity contribution in [3.05, 3.63) is 38.9 Å². The van der Waals surface area contributed by atoms with Gasteiger partial charge in [-0.25, -0.2) is 0 Å². The van der Waals surface area contributed by atoms with Crippen molar-refractivity contribution in [1.82, 2.24) is 0 Å². The Labute approximate surface area is 90.9 Å². The van der Waals surface area contributed by atoms with Gasteiger partial charge >= 0.3 is 5.97 Å². The molecule has 1 aromatic carbocycles. The summed E-state index contributed by atoms with van der Waals surface area (Å²) in [7, 11) is 0. The summed E-state index contributed by atoms with van der Waals surface area (Å²) in [4.78, 5) is 20.7. The molecule has 0 aromatic heterocycles. The number of carboxylic acids is 1. The van der Waals surface area contributed by atoms with Gasteiger partial charge in [0.25, 0.3) is 5.69 Å². The van der Waals surface area contributed by atoms with Gasteiger partial charge in [-0.1, -0.05) is 0 Å². The molecule has 16 heavy (non-hydrogen) atoms. The van der Waals surface area contributed by atoms with Crippen molar-refractivity contribution in [2.75, 3.05) is 0 Å². The molecule has 0 radical (unpaired) electrons. The van der Waals surface area contributed by atoms with Gasteiger partial charge in [-0.2, -0.15) is 5.26 Å². The van der Waals surface area contributed by atoms with Crippen molar-refractivity contribution in [2.45, 2.75) is 13.3 Å². The maximum atomic E-state index is 10.8. The molecule has 1 N–H and O–H groups in total. The number of hydrogen-bond donors (Lipinski definition) is 1. The summed E-state index contributed by atoms with van der Waals surface area (Å²) < 4.78 is 0. The summed E-state index contributed by atoms with van der Waals surface area (Å²) in [6.45, 7) is 1.48. The normalized spacial score (nSPS) is 9.50. The molecular formula is C10H8N2O4. The number of hydrogen-bond acceptors (Lipinski definition) is 4. The molecule has 0 bridgehead atoms. The average molecular weight is 220 g/mol. The summed E-state index contributed by atoms with van der Waals surface area (Å²) in [5.74, 6) is -1.17. The second-order valence-corrected chi connectivity index (χ2v) is 3.24. The summed E-state index contributed by atoms with van der Waals surface area (Å²) >= 11 is 0. The molecule has 1 rings (SSSR count). The molecule has 6 heteroatoms. The SMILES string of the molecule is Cc1cc(C#N)cc(CC(=O)O)c1[N+](=O)[O-]. The third-order valence-corrected chi connectivity index (χ3v) is 2.03. The Balaban J connectivity index is 3.41. The third-order valence-electron chi connectivity index (χ3n) is 2.03. The maximum absolute atomic E-state index is 10.8. The lowest BCUT2D eigenvalue weighted by molar-refractivity contribution is -0.386. The van der Waals surface area contributed by atoms with Gasteiger partial charge in [0.2, 0.25) is 0 Å². The van der Waals surface area contributed by atoms with Gasteiger partial charge in [-0.3, -0.25) is 14.9 Å². The van der Waals surface area contributed by atoms with E-state index in [0.717, 1.165) is 0 Å². The maximum Gasteiger partial charge on any atom is 0.308 e. The second kappa shape index (κ2) is 4.40. The van der Waals surface area contributed by atoms with E-state index in [1.54, 1.807) is 0 Å². The van der Waals surface area contributed by atoms with Gasteiger partial charge in [-0.15, -0.1) is 0 Å². The van der Waals surface area contributed by atoms with Crippen molar-refractivity contribution in [2.24, 2.45) is 0 Å². The van der Waals surface area contributed by atoms with E-state index in [4.69, 9.17) is 10.4 Å². The van der Waals surface area contributed by atoms with E-state index in [2.05, 4.69) is 0 Å². The van der Waals surface area contributed by atoms with Crippen LogP contribution in [-0.2, 0) is 11.2 Å². The van der Waals surface area contributed by atoms with Crippen molar-refractivity contribution in [3.63, 3.8) is 0 Å². The molecule has 0 atom stereocenters. The highest BCUT2D eigenvalue weighted by atomic mass is 16.6. The predicted molar refractivity (Wildman–Crippen MR) is 53.9 cm³/mol. The second-order valence-electron chi connectivity index (χ2n) is 3.24. The zero-order chi connectivity index (χ0) is 12.3. The third kappa shape index (κ3) is 2.33. The minimum absolute atomic E-state index is 0.0500. The molecule has 0 saturated heterocycles. The van der Waals surface area contributed by atoms with E-state index < -0.39 is 17.3 Å². The Morgan fingerprint density at radius 2 is 2.25 bits per heavy atom. The fourth-order valence-electron chi connectivity index (χ4n) is 1.48. The molecule has 0 aliphatic heterocycles. The lowest BCUT2D eigenvalue weighted by Gasteiger charge is -2.03. The van der Waals surface area contributed by atoms with E-state index >= 15 is 0 Å². The van der Waals surface area contributed by atoms with Crippen LogP contribution in [-0.4, -0.2) is 16.0 Å². The molecule has 0 fully saturated rings. The zero-order valence-corrected chi connectivity index (χ0v) is 8.43. The minimum Gasteiger partial charge on any atom is -0.481 e. The predicted octanol–water partition coefficient (Wildman–Crippen LogP) is 1.40. The number of aliphatic carboxylic acids is 1. The summed E-state index contributed by atoms with van der Waals surface area (Å²) in [6.07, 6.45) is -0.466. The highest BCUT2D eigenvalue weighted by Gasteiger charge is 2.20. The standard InChI is InChI=1S/C10H8N2O4/c1-6-2-7(5-11)3-8(4-9(13)14)10(6)12(15)16/h2-3H,4H2,1H3,(H,13,14). The fourth-order valence-corrected chi connectivity index (χ4v) is 1.48. The Kier molecular flexibility index (Phi) is 3.20. The topological polar surface area (TPSA) is 104 Å². The highest BCUT2D eigenvalue weighted by molar-refractivity contribution is 5.73. The Morgan fingerprint density at radius 3 is 2.69 bits per heavy atom. The lowest BCUT2D eigenvalue weighted by Crippen LogP contribution is -2.05. The molecular weight excluding hydrogens is 212 g/mol. The quantitative estimate of drug-likeness (QED) is 0.612. The van der Waals surface area contributed by atoms with Gasteiger partial charge in [0.1, 0.15) is 0 Å². The molecule has 6 nitrogen and oxygen atoms in total. The summed E-state index contributed by atoms with van der Waals surface area (Å²) in [6, 6.07) is 4.43. The van der Waals surface area contributed by atoms with E-state index in [1.165, 1.54) is 19.1 Å². The monoisotopic (exact) mass is 220 g/mol. The molecule has 0 spiro atoms. The number of aryl methyl sites for hydroxylation is 1. The van der Waals surface area contributed by atoms with Crippen LogP contribution in [0.3, 0.4) is 0 Å². The number of benzene rings is 1. The van der Waals surface area contributed by atoms with Gasteiger partial charge in [0.05, 0.1) is 23.0 Å². The molecule has 0 unspecified atom stereocenters. The van der Waals surface area contributed by atoms with Crippen LogP contribution in [0.5, 0.6) is 0 Å². The molecule has 82 valence electrons. The van der Waals surface area contributed by atoms with Crippen LogP contribution in [0.1, 0.15) is 16.7 Å². The Bertz CT molecular complexity index is 502. The molecule has 0 amide bonds. The van der Waals surface area contributed by atoms with Crippen molar-refractivity contribution >= 4 is 11.7 Å². The van der Waals surface area contributed by atoms with Gasteiger partial charge in [0, 0.05) is 11.1 Å². The first kappa shape index (κ1) is 11.7. The first-order valence-electron chi connectivity index (χ1n) is 4.35. The van der Waals surface area contributed by atoms with Crippen LogP contribution in [0.4, 0.5) is 5.69 Å². The number of carbonyl (C=O) groups is 1. The smallest absolute Gasteiger partial charge is 0.308 e. The van der Waals surface area contributed by atoms with Crippen molar-refractivity contribution < 1.29 is 14.8 Å². The zero-order valence-electron chi connectivity index (χ0n) is 8.43. The molecule has 0 saturated carbocycles. The van der Waals surface area contributed by atoms with Crippen LogP contribution in [0.2, 0.25) is 0 Å². The van der Waals surface area contributed by atoms with E-state index in [0.29, 0.717) is 5.56 Å². The van der Waals surface area contributed by atoms with E-state index in [-0.39, 0.29) is 16.8 Å².